The summed E-state index contributed by atoms with van der Waals surface area (Å²) < 4.78 is 0. The monoisotopic (exact) mass is 158 g/mol. The van der Waals surface area contributed by atoms with Gasteiger partial charge in [-0.3, -0.25) is 4.84 Å². The molecule has 1 amide bonds. The molecule has 0 unspecified atom stereocenters. The maximum atomic E-state index is 10.6. The van der Waals surface area contributed by atoms with Crippen molar-refractivity contribution in [1.29, 1.82) is 0 Å². The predicted molar refractivity (Wildman–Crippen MR) is 43.6 cm³/mol. The second kappa shape index (κ2) is 5.70. The number of nitrogens with zero attached hydrogens (tertiary/aromatic N) is 1. The van der Waals surface area contributed by atoms with Crippen LogP contribution in [0.5, 0.6) is 0 Å². The second-order valence-electron chi connectivity index (χ2n) is 2.09. The van der Waals surface area contributed by atoms with E-state index >= 15 is 0 Å². The van der Waals surface area contributed by atoms with Crippen LogP contribution in [0.15, 0.2) is 5.16 Å². The molecule has 11 heavy (non-hydrogen) atoms. The zero-order valence-electron chi connectivity index (χ0n) is 7.18. The molecule has 4 nitrogen and oxygen atoms in total. The molecule has 0 radical (unpaired) electrons. The summed E-state index contributed by atoms with van der Waals surface area (Å²) in [5.74, 6) is 0. The molecule has 0 bridgehead atoms. The lowest BCUT2D eigenvalue weighted by Crippen LogP contribution is -2.22. The van der Waals surface area contributed by atoms with Crippen LogP contribution in [0.1, 0.15) is 27.2 Å². The number of oxime groups is 1. The number of hydrogen-bond donors (Lipinski definition) is 1. The molecule has 0 atom stereocenters. The smallest absolute Gasteiger partial charge is 0.320 e. The molecule has 0 rings (SSSR count). The van der Waals surface area contributed by atoms with Gasteiger partial charge < -0.3 is 5.32 Å². The first-order chi connectivity index (χ1) is 5.20. The third kappa shape index (κ3) is 5.39. The average Bonchev–Trinajstić information content (AvgIpc) is 2.01. The first kappa shape index (κ1) is 9.94. The fourth-order valence-electron chi connectivity index (χ4n) is 0.361. The van der Waals surface area contributed by atoms with Crippen molar-refractivity contribution in [2.75, 3.05) is 6.54 Å². The van der Waals surface area contributed by atoms with Crippen molar-refractivity contribution in [2.45, 2.75) is 27.2 Å². The Morgan fingerprint density at radius 3 is 2.64 bits per heavy atom. The van der Waals surface area contributed by atoms with Gasteiger partial charge in [-0.05, 0) is 20.3 Å². The lowest BCUT2D eigenvalue weighted by molar-refractivity contribution is 0.151. The van der Waals surface area contributed by atoms with Gasteiger partial charge in [-0.25, -0.2) is 4.79 Å². The molecule has 0 aromatic rings. The summed E-state index contributed by atoms with van der Waals surface area (Å²) in [6.45, 7) is 6.12. The number of hydrogen-bond acceptors (Lipinski definition) is 3. The van der Waals surface area contributed by atoms with E-state index in [0.717, 1.165) is 12.1 Å². The van der Waals surface area contributed by atoms with E-state index in [0.29, 0.717) is 6.54 Å². The van der Waals surface area contributed by atoms with Crippen LogP contribution in [-0.2, 0) is 4.84 Å². The topological polar surface area (TPSA) is 50.7 Å². The Morgan fingerprint density at radius 2 is 2.18 bits per heavy atom. The summed E-state index contributed by atoms with van der Waals surface area (Å²) >= 11 is 0. The number of carbonyl (C=O) groups is 1. The highest BCUT2D eigenvalue weighted by Gasteiger charge is 1.96. The van der Waals surface area contributed by atoms with E-state index in [1.807, 2.05) is 13.8 Å². The van der Waals surface area contributed by atoms with E-state index in [9.17, 15) is 4.79 Å². The van der Waals surface area contributed by atoms with Crippen LogP contribution in [0.2, 0.25) is 0 Å². The molecule has 1 N–H and O–H groups in total. The fourth-order valence-corrected chi connectivity index (χ4v) is 0.361. The van der Waals surface area contributed by atoms with Crippen LogP contribution in [0, 0.1) is 0 Å². The number of rotatable bonds is 3. The molecule has 64 valence electrons. The van der Waals surface area contributed by atoms with Crippen molar-refractivity contribution in [3.63, 3.8) is 0 Å². The van der Waals surface area contributed by atoms with Crippen molar-refractivity contribution >= 4 is 11.8 Å². The van der Waals surface area contributed by atoms with Gasteiger partial charge in [0.2, 0.25) is 0 Å². The molecular formula is C7H14N2O2. The summed E-state index contributed by atoms with van der Waals surface area (Å²) in [7, 11) is 0. The van der Waals surface area contributed by atoms with Crippen LogP contribution in [0.3, 0.4) is 0 Å². The van der Waals surface area contributed by atoms with Gasteiger partial charge in [0.1, 0.15) is 0 Å². The first-order valence-electron chi connectivity index (χ1n) is 3.69. The molecule has 0 fully saturated rings. The van der Waals surface area contributed by atoms with Gasteiger partial charge in [-0.15, -0.1) is 0 Å². The number of amides is 1. The Hall–Kier alpha value is -1.06. The Labute approximate surface area is 66.6 Å². The molecule has 0 aliphatic carbocycles. The van der Waals surface area contributed by atoms with Gasteiger partial charge in [0.05, 0.1) is 5.71 Å². The summed E-state index contributed by atoms with van der Waals surface area (Å²) in [5.41, 5.74) is 0.802. The molecule has 0 spiro atoms. The summed E-state index contributed by atoms with van der Waals surface area (Å²) in [6, 6.07) is 0. The molecule has 0 heterocycles. The van der Waals surface area contributed by atoms with Gasteiger partial charge in [0.15, 0.2) is 0 Å². The summed E-state index contributed by atoms with van der Waals surface area (Å²) in [6.07, 6.45) is 0.291. The second-order valence-corrected chi connectivity index (χ2v) is 2.09. The Kier molecular flexibility index (Phi) is 5.15. The SMILES string of the molecule is CCNC(=O)ON=C(C)CC. The van der Waals surface area contributed by atoms with Crippen LogP contribution < -0.4 is 5.32 Å². The maximum absolute atomic E-state index is 10.6. The minimum atomic E-state index is -0.500. The lowest BCUT2D eigenvalue weighted by atomic mass is 10.3. The zero-order valence-corrected chi connectivity index (χ0v) is 7.18. The highest BCUT2D eigenvalue weighted by Crippen LogP contribution is 1.86. The largest absolute Gasteiger partial charge is 0.433 e. The van der Waals surface area contributed by atoms with Crippen molar-refractivity contribution in [1.82, 2.24) is 5.32 Å². The zero-order chi connectivity index (χ0) is 8.69. The van der Waals surface area contributed by atoms with Crippen molar-refractivity contribution in [3.05, 3.63) is 0 Å². The van der Waals surface area contributed by atoms with E-state index < -0.39 is 6.09 Å². The molecule has 0 aliphatic rings. The van der Waals surface area contributed by atoms with Gasteiger partial charge in [0, 0.05) is 6.54 Å². The highest BCUT2D eigenvalue weighted by molar-refractivity contribution is 5.81. The average molecular weight is 158 g/mol. The molecule has 0 saturated carbocycles. The van der Waals surface area contributed by atoms with Gasteiger partial charge in [-0.2, -0.15) is 0 Å². The summed E-state index contributed by atoms with van der Waals surface area (Å²) in [4.78, 5) is 15.1. The fraction of sp³-hybridized carbons (Fsp3) is 0.714. The first-order valence-corrected chi connectivity index (χ1v) is 3.69. The van der Waals surface area contributed by atoms with Crippen LogP contribution in [0.25, 0.3) is 0 Å². The van der Waals surface area contributed by atoms with Crippen molar-refractivity contribution < 1.29 is 9.63 Å². The molecule has 0 saturated heterocycles. The van der Waals surface area contributed by atoms with E-state index in [1.165, 1.54) is 0 Å². The third-order valence-corrected chi connectivity index (χ3v) is 1.12. The number of carbonyl (C=O) groups excluding carboxylic acids is 1. The quantitative estimate of drug-likeness (QED) is 0.384. The van der Waals surface area contributed by atoms with Crippen LogP contribution in [-0.4, -0.2) is 18.3 Å². The highest BCUT2D eigenvalue weighted by atomic mass is 16.7. The number of nitrogens with one attached hydrogen (secondary N) is 1. The predicted octanol–water partition coefficient (Wildman–Crippen LogP) is 1.52. The van der Waals surface area contributed by atoms with Crippen molar-refractivity contribution in [3.8, 4) is 0 Å². The van der Waals surface area contributed by atoms with Crippen molar-refractivity contribution in [2.24, 2.45) is 5.16 Å². The van der Waals surface area contributed by atoms with Crippen LogP contribution in [0.4, 0.5) is 4.79 Å². The molecular weight excluding hydrogens is 144 g/mol. The Morgan fingerprint density at radius 1 is 1.55 bits per heavy atom. The molecule has 4 heteroatoms. The van der Waals surface area contributed by atoms with E-state index in [2.05, 4.69) is 15.3 Å². The molecule has 0 aliphatic heterocycles. The standard InChI is InChI=1S/C7H14N2O2/c1-4-6(3)9-11-7(10)8-5-2/h4-5H2,1-3H3,(H,8,10). The molecule has 0 aromatic carbocycles. The minimum Gasteiger partial charge on any atom is -0.320 e. The minimum absolute atomic E-state index is 0.500. The Balaban J connectivity index is 3.60. The van der Waals surface area contributed by atoms with E-state index in [-0.39, 0.29) is 0 Å². The van der Waals surface area contributed by atoms with E-state index in [4.69, 9.17) is 0 Å². The van der Waals surface area contributed by atoms with Gasteiger partial charge in [-0.1, -0.05) is 12.1 Å². The van der Waals surface area contributed by atoms with Gasteiger partial charge >= 0.3 is 6.09 Å². The third-order valence-electron chi connectivity index (χ3n) is 1.12. The van der Waals surface area contributed by atoms with Crippen LogP contribution >= 0.6 is 0 Å². The summed E-state index contributed by atoms with van der Waals surface area (Å²) in [5, 5.41) is 6.02. The van der Waals surface area contributed by atoms with Gasteiger partial charge in [0.25, 0.3) is 0 Å². The molecule has 0 aromatic heterocycles. The lowest BCUT2D eigenvalue weighted by Gasteiger charge is -1.98. The van der Waals surface area contributed by atoms with E-state index in [1.54, 1.807) is 6.92 Å². The Bertz CT molecular complexity index is 155. The normalized spacial score (nSPS) is 11.0. The maximum Gasteiger partial charge on any atom is 0.433 e.